The molecule has 0 aliphatic carbocycles. The minimum absolute atomic E-state index is 0.447. The van der Waals surface area contributed by atoms with E-state index in [9.17, 15) is 0 Å². The van der Waals surface area contributed by atoms with E-state index in [0.717, 1.165) is 31.6 Å². The molecule has 0 unspecified atom stereocenters. The third kappa shape index (κ3) is 3.62. The van der Waals surface area contributed by atoms with Crippen molar-refractivity contribution in [2.45, 2.75) is 38.8 Å². The number of anilines is 1. The van der Waals surface area contributed by atoms with Crippen LogP contribution in [0.2, 0.25) is 5.02 Å². The second kappa shape index (κ2) is 6.27. The predicted octanol–water partition coefficient (Wildman–Crippen LogP) is 3.50. The molecular weight excluding hydrogens is 258 g/mol. The van der Waals surface area contributed by atoms with Crippen molar-refractivity contribution in [1.29, 1.82) is 5.26 Å². The van der Waals surface area contributed by atoms with E-state index in [-0.39, 0.29) is 0 Å². The highest BCUT2D eigenvalue weighted by molar-refractivity contribution is 6.30. The van der Waals surface area contributed by atoms with Crippen molar-refractivity contribution >= 4 is 17.3 Å². The molecule has 102 valence electrons. The Morgan fingerprint density at radius 2 is 2.05 bits per heavy atom. The monoisotopic (exact) mass is 277 g/mol. The van der Waals surface area contributed by atoms with Crippen molar-refractivity contribution in [1.82, 2.24) is 4.90 Å². The van der Waals surface area contributed by atoms with Crippen LogP contribution in [0.5, 0.6) is 0 Å². The molecule has 0 saturated carbocycles. The summed E-state index contributed by atoms with van der Waals surface area (Å²) < 4.78 is 0. The fourth-order valence-corrected chi connectivity index (χ4v) is 2.69. The molecular formula is C15H20ClN3. The van der Waals surface area contributed by atoms with Gasteiger partial charge in [-0.3, -0.25) is 0 Å². The Morgan fingerprint density at radius 1 is 1.37 bits per heavy atom. The van der Waals surface area contributed by atoms with Gasteiger partial charge in [0.2, 0.25) is 0 Å². The van der Waals surface area contributed by atoms with Crippen LogP contribution < -0.4 is 5.32 Å². The van der Waals surface area contributed by atoms with E-state index in [1.165, 1.54) is 0 Å². The van der Waals surface area contributed by atoms with Crippen molar-refractivity contribution in [3.63, 3.8) is 0 Å². The zero-order valence-electron chi connectivity index (χ0n) is 11.5. The molecule has 1 heterocycles. The lowest BCUT2D eigenvalue weighted by Crippen LogP contribution is -2.42. The SMILES string of the molecule is CC(C)N1CCC(Nc2ccc(Cl)cc2C#N)CC1. The molecule has 4 heteroatoms. The van der Waals surface area contributed by atoms with Crippen LogP contribution in [-0.4, -0.2) is 30.1 Å². The maximum atomic E-state index is 9.13. The Bertz CT molecular complexity index is 471. The van der Waals surface area contributed by atoms with E-state index in [4.69, 9.17) is 16.9 Å². The first-order valence-corrected chi connectivity index (χ1v) is 7.18. The number of hydrogen-bond acceptors (Lipinski definition) is 3. The number of benzene rings is 1. The fourth-order valence-electron chi connectivity index (χ4n) is 2.51. The molecule has 1 aromatic carbocycles. The van der Waals surface area contributed by atoms with Crippen LogP contribution in [0, 0.1) is 11.3 Å². The normalized spacial score (nSPS) is 17.4. The Kier molecular flexibility index (Phi) is 4.68. The van der Waals surface area contributed by atoms with Gasteiger partial charge in [0.1, 0.15) is 6.07 Å². The van der Waals surface area contributed by atoms with Gasteiger partial charge in [0.05, 0.1) is 11.3 Å². The van der Waals surface area contributed by atoms with Gasteiger partial charge in [0.25, 0.3) is 0 Å². The lowest BCUT2D eigenvalue weighted by Gasteiger charge is -2.35. The summed E-state index contributed by atoms with van der Waals surface area (Å²) in [5.41, 5.74) is 1.52. The average molecular weight is 278 g/mol. The van der Waals surface area contributed by atoms with Crippen LogP contribution in [0.15, 0.2) is 18.2 Å². The number of hydrogen-bond donors (Lipinski definition) is 1. The highest BCUT2D eigenvalue weighted by atomic mass is 35.5. The van der Waals surface area contributed by atoms with Crippen LogP contribution in [0.3, 0.4) is 0 Å². The van der Waals surface area contributed by atoms with E-state index in [0.29, 0.717) is 22.7 Å². The smallest absolute Gasteiger partial charge is 0.101 e. The first-order chi connectivity index (χ1) is 9.10. The van der Waals surface area contributed by atoms with Gasteiger partial charge in [-0.15, -0.1) is 0 Å². The molecule has 1 saturated heterocycles. The lowest BCUT2D eigenvalue weighted by molar-refractivity contribution is 0.177. The van der Waals surface area contributed by atoms with Crippen LogP contribution in [0.25, 0.3) is 0 Å². The summed E-state index contributed by atoms with van der Waals surface area (Å²) in [6.07, 6.45) is 2.23. The number of nitrogens with zero attached hydrogens (tertiary/aromatic N) is 2. The Morgan fingerprint density at radius 3 is 2.63 bits per heavy atom. The van der Waals surface area contributed by atoms with E-state index >= 15 is 0 Å². The minimum Gasteiger partial charge on any atom is -0.381 e. The van der Waals surface area contributed by atoms with Crippen molar-refractivity contribution in [2.75, 3.05) is 18.4 Å². The van der Waals surface area contributed by atoms with Gasteiger partial charge in [0, 0.05) is 30.2 Å². The zero-order valence-corrected chi connectivity index (χ0v) is 12.2. The molecule has 1 aliphatic rings. The van der Waals surface area contributed by atoms with Crippen LogP contribution in [0.4, 0.5) is 5.69 Å². The lowest BCUT2D eigenvalue weighted by atomic mass is 10.0. The standard InChI is InChI=1S/C15H20ClN3/c1-11(2)19-7-5-14(6-8-19)18-15-4-3-13(16)9-12(15)10-17/h3-4,9,11,14,18H,5-8H2,1-2H3. The summed E-state index contributed by atoms with van der Waals surface area (Å²) in [4.78, 5) is 2.49. The number of likely N-dealkylation sites (tertiary alicyclic amines) is 1. The summed E-state index contributed by atoms with van der Waals surface area (Å²) >= 11 is 5.91. The molecule has 0 amide bonds. The number of rotatable bonds is 3. The van der Waals surface area contributed by atoms with Gasteiger partial charge < -0.3 is 10.2 Å². The number of halogens is 1. The molecule has 19 heavy (non-hydrogen) atoms. The molecule has 2 rings (SSSR count). The second-order valence-corrected chi connectivity index (χ2v) is 5.79. The number of piperidine rings is 1. The molecule has 1 aromatic rings. The Balaban J connectivity index is 1.98. The van der Waals surface area contributed by atoms with Crippen molar-refractivity contribution in [3.05, 3.63) is 28.8 Å². The highest BCUT2D eigenvalue weighted by Crippen LogP contribution is 2.23. The Hall–Kier alpha value is -1.24. The van der Waals surface area contributed by atoms with E-state index in [1.807, 2.05) is 12.1 Å². The number of nitrogens with one attached hydrogen (secondary N) is 1. The molecule has 0 bridgehead atoms. The largest absolute Gasteiger partial charge is 0.381 e. The van der Waals surface area contributed by atoms with Crippen molar-refractivity contribution < 1.29 is 0 Å². The zero-order chi connectivity index (χ0) is 13.8. The molecule has 0 spiro atoms. The Labute approximate surface area is 120 Å². The summed E-state index contributed by atoms with van der Waals surface area (Å²) in [6, 6.07) is 8.70. The van der Waals surface area contributed by atoms with Crippen LogP contribution >= 0.6 is 11.6 Å². The van der Waals surface area contributed by atoms with Gasteiger partial charge in [0.15, 0.2) is 0 Å². The summed E-state index contributed by atoms with van der Waals surface area (Å²) in [6.45, 7) is 6.71. The maximum Gasteiger partial charge on any atom is 0.101 e. The van der Waals surface area contributed by atoms with E-state index in [2.05, 4.69) is 30.1 Å². The molecule has 0 radical (unpaired) electrons. The van der Waals surface area contributed by atoms with E-state index < -0.39 is 0 Å². The van der Waals surface area contributed by atoms with Crippen LogP contribution in [0.1, 0.15) is 32.3 Å². The van der Waals surface area contributed by atoms with E-state index in [1.54, 1.807) is 6.07 Å². The quantitative estimate of drug-likeness (QED) is 0.919. The van der Waals surface area contributed by atoms with Crippen molar-refractivity contribution in [2.24, 2.45) is 0 Å². The summed E-state index contributed by atoms with van der Waals surface area (Å²) in [7, 11) is 0. The van der Waals surface area contributed by atoms with Gasteiger partial charge in [-0.25, -0.2) is 0 Å². The molecule has 1 fully saturated rings. The molecule has 3 nitrogen and oxygen atoms in total. The fraction of sp³-hybridized carbons (Fsp3) is 0.533. The predicted molar refractivity (Wildman–Crippen MR) is 79.5 cm³/mol. The van der Waals surface area contributed by atoms with Gasteiger partial charge in [-0.2, -0.15) is 5.26 Å². The summed E-state index contributed by atoms with van der Waals surface area (Å²) in [5, 5.41) is 13.2. The van der Waals surface area contributed by atoms with Gasteiger partial charge in [-0.05, 0) is 44.9 Å². The van der Waals surface area contributed by atoms with Gasteiger partial charge >= 0.3 is 0 Å². The van der Waals surface area contributed by atoms with Gasteiger partial charge in [-0.1, -0.05) is 11.6 Å². The topological polar surface area (TPSA) is 39.1 Å². The molecule has 1 N–H and O–H groups in total. The van der Waals surface area contributed by atoms with Crippen molar-refractivity contribution in [3.8, 4) is 6.07 Å². The third-order valence-electron chi connectivity index (χ3n) is 3.72. The molecule has 0 aromatic heterocycles. The maximum absolute atomic E-state index is 9.13. The molecule has 1 aliphatic heterocycles. The van der Waals surface area contributed by atoms with Crippen LogP contribution in [-0.2, 0) is 0 Å². The first-order valence-electron chi connectivity index (χ1n) is 6.80. The third-order valence-corrected chi connectivity index (χ3v) is 3.96. The molecule has 0 atom stereocenters. The first kappa shape index (κ1) is 14.2. The summed E-state index contributed by atoms with van der Waals surface area (Å²) in [5.74, 6) is 0. The second-order valence-electron chi connectivity index (χ2n) is 5.35. The average Bonchev–Trinajstić information content (AvgIpc) is 2.41. The highest BCUT2D eigenvalue weighted by Gasteiger charge is 2.21. The number of nitriles is 1. The minimum atomic E-state index is 0.447.